The minimum absolute atomic E-state index is 1.10. The van der Waals surface area contributed by atoms with Gasteiger partial charge in [-0.15, -0.1) is 0 Å². The maximum Gasteiger partial charge on any atom is 0.0468 e. The van der Waals surface area contributed by atoms with Crippen LogP contribution in [0.25, 0.3) is 76.8 Å². The summed E-state index contributed by atoms with van der Waals surface area (Å²) in [4.78, 5) is 2.38. The molecule has 10 aromatic rings. The number of benzene rings is 10. The van der Waals surface area contributed by atoms with Gasteiger partial charge in [-0.2, -0.15) is 0 Å². The molecule has 0 aromatic heterocycles. The largest absolute Gasteiger partial charge is 0.310 e. The van der Waals surface area contributed by atoms with E-state index in [1.807, 2.05) is 0 Å². The monoisotopic (exact) mass is 699 g/mol. The van der Waals surface area contributed by atoms with Crippen LogP contribution in [0.3, 0.4) is 0 Å². The van der Waals surface area contributed by atoms with Gasteiger partial charge in [0, 0.05) is 17.1 Å². The number of hydrogen-bond acceptors (Lipinski definition) is 1. The van der Waals surface area contributed by atoms with Gasteiger partial charge in [-0.25, -0.2) is 0 Å². The Morgan fingerprint density at radius 1 is 0.236 bits per heavy atom. The van der Waals surface area contributed by atoms with E-state index < -0.39 is 0 Å². The van der Waals surface area contributed by atoms with Crippen LogP contribution >= 0.6 is 0 Å². The first-order valence-electron chi connectivity index (χ1n) is 18.9. The molecule has 10 rings (SSSR count). The summed E-state index contributed by atoms with van der Waals surface area (Å²) in [7, 11) is 0. The van der Waals surface area contributed by atoms with Crippen LogP contribution in [-0.2, 0) is 0 Å². The molecule has 0 fully saturated rings. The third-order valence-electron chi connectivity index (χ3n) is 10.9. The highest BCUT2D eigenvalue weighted by molar-refractivity contribution is 6.24. The minimum Gasteiger partial charge on any atom is -0.310 e. The topological polar surface area (TPSA) is 3.24 Å². The Bertz CT molecular complexity index is 2840. The van der Waals surface area contributed by atoms with Crippen LogP contribution in [0.2, 0.25) is 0 Å². The van der Waals surface area contributed by atoms with Crippen molar-refractivity contribution in [3.63, 3.8) is 0 Å². The van der Waals surface area contributed by atoms with Gasteiger partial charge in [0.2, 0.25) is 0 Å². The third-order valence-corrected chi connectivity index (χ3v) is 10.9. The molecule has 55 heavy (non-hydrogen) atoms. The average molecular weight is 700 g/mol. The van der Waals surface area contributed by atoms with E-state index in [1.165, 1.54) is 76.8 Å². The van der Waals surface area contributed by atoms with Crippen molar-refractivity contribution in [2.24, 2.45) is 0 Å². The quantitative estimate of drug-likeness (QED) is 0.150. The van der Waals surface area contributed by atoms with Crippen LogP contribution in [0.1, 0.15) is 0 Å². The number of fused-ring (bicyclic) bond motifs is 5. The summed E-state index contributed by atoms with van der Waals surface area (Å²) in [5, 5.41) is 7.60. The summed E-state index contributed by atoms with van der Waals surface area (Å²) in [6, 6.07) is 81.4. The van der Waals surface area contributed by atoms with Crippen LogP contribution in [-0.4, -0.2) is 0 Å². The molecule has 0 bridgehead atoms. The maximum absolute atomic E-state index is 2.38. The molecule has 0 aliphatic heterocycles. The highest BCUT2D eigenvalue weighted by Gasteiger charge is 2.19. The Kier molecular flexibility index (Phi) is 8.24. The van der Waals surface area contributed by atoms with Crippen molar-refractivity contribution in [3.05, 3.63) is 224 Å². The van der Waals surface area contributed by atoms with Gasteiger partial charge in [-0.05, 0) is 113 Å². The van der Waals surface area contributed by atoms with E-state index in [1.54, 1.807) is 0 Å². The fourth-order valence-electron chi connectivity index (χ4n) is 8.18. The average Bonchev–Trinajstić information content (AvgIpc) is 3.27. The molecule has 0 unspecified atom stereocenters. The van der Waals surface area contributed by atoms with E-state index in [0.717, 1.165) is 17.1 Å². The second-order valence-electron chi connectivity index (χ2n) is 14.1. The SMILES string of the molecule is c1ccc(-c2ccc(N(c3ccc(-c4ccccc4)cc3)c3ccc(-c4cccc5ccc6ccc7ccccc7c6c45)c(-c4ccccc4)c3)cc2)cc1. The molecule has 0 atom stereocenters. The van der Waals surface area contributed by atoms with Gasteiger partial charge in [-0.1, -0.05) is 188 Å². The number of rotatable bonds is 7. The third kappa shape index (κ3) is 6.02. The summed E-state index contributed by atoms with van der Waals surface area (Å²) < 4.78 is 0. The van der Waals surface area contributed by atoms with Crippen molar-refractivity contribution in [3.8, 4) is 44.5 Å². The first-order chi connectivity index (χ1) is 27.3. The van der Waals surface area contributed by atoms with Gasteiger partial charge in [-0.3, -0.25) is 0 Å². The summed E-state index contributed by atoms with van der Waals surface area (Å²) >= 11 is 0. The fraction of sp³-hybridized carbons (Fsp3) is 0. The molecule has 10 aromatic carbocycles. The maximum atomic E-state index is 2.38. The lowest BCUT2D eigenvalue weighted by Crippen LogP contribution is -2.10. The molecule has 0 spiro atoms. The highest BCUT2D eigenvalue weighted by atomic mass is 15.1. The summed E-state index contributed by atoms with van der Waals surface area (Å²) in [6.07, 6.45) is 0. The molecule has 0 aliphatic rings. The molecule has 1 nitrogen and oxygen atoms in total. The van der Waals surface area contributed by atoms with Gasteiger partial charge in [0.25, 0.3) is 0 Å². The summed E-state index contributed by atoms with van der Waals surface area (Å²) in [5.41, 5.74) is 12.9. The minimum atomic E-state index is 1.10. The number of anilines is 3. The second kappa shape index (κ2) is 14.0. The molecular formula is C54H37N. The van der Waals surface area contributed by atoms with E-state index in [0.29, 0.717) is 0 Å². The predicted molar refractivity (Wildman–Crippen MR) is 235 cm³/mol. The van der Waals surface area contributed by atoms with Gasteiger partial charge < -0.3 is 4.90 Å². The fourth-order valence-corrected chi connectivity index (χ4v) is 8.18. The Balaban J connectivity index is 1.18. The molecule has 0 aliphatic carbocycles. The lowest BCUT2D eigenvalue weighted by atomic mass is 9.87. The Hall–Kier alpha value is -7.22. The van der Waals surface area contributed by atoms with Gasteiger partial charge >= 0.3 is 0 Å². The lowest BCUT2D eigenvalue weighted by molar-refractivity contribution is 1.28. The first kappa shape index (κ1) is 32.4. The Labute approximate surface area is 322 Å². The molecule has 0 heterocycles. The molecular weight excluding hydrogens is 663 g/mol. The zero-order valence-electron chi connectivity index (χ0n) is 30.3. The van der Waals surface area contributed by atoms with E-state index in [4.69, 9.17) is 0 Å². The smallest absolute Gasteiger partial charge is 0.0468 e. The van der Waals surface area contributed by atoms with E-state index >= 15 is 0 Å². The molecule has 258 valence electrons. The summed E-state index contributed by atoms with van der Waals surface area (Å²) in [6.45, 7) is 0. The lowest BCUT2D eigenvalue weighted by Gasteiger charge is -2.27. The Morgan fingerprint density at radius 3 is 1.29 bits per heavy atom. The van der Waals surface area contributed by atoms with Crippen LogP contribution in [0.5, 0.6) is 0 Å². The van der Waals surface area contributed by atoms with Crippen LogP contribution in [0.15, 0.2) is 224 Å². The van der Waals surface area contributed by atoms with Crippen LogP contribution < -0.4 is 4.90 Å². The van der Waals surface area contributed by atoms with Crippen molar-refractivity contribution in [1.82, 2.24) is 0 Å². The van der Waals surface area contributed by atoms with Crippen molar-refractivity contribution >= 4 is 49.4 Å². The first-order valence-corrected chi connectivity index (χ1v) is 18.9. The number of nitrogens with zero attached hydrogens (tertiary/aromatic N) is 1. The van der Waals surface area contributed by atoms with Crippen LogP contribution in [0.4, 0.5) is 17.1 Å². The zero-order chi connectivity index (χ0) is 36.6. The van der Waals surface area contributed by atoms with Crippen molar-refractivity contribution in [2.45, 2.75) is 0 Å². The second-order valence-corrected chi connectivity index (χ2v) is 14.1. The van der Waals surface area contributed by atoms with Crippen molar-refractivity contribution in [2.75, 3.05) is 4.90 Å². The van der Waals surface area contributed by atoms with Crippen molar-refractivity contribution in [1.29, 1.82) is 0 Å². The molecule has 0 saturated carbocycles. The van der Waals surface area contributed by atoms with Gasteiger partial charge in [0.15, 0.2) is 0 Å². The van der Waals surface area contributed by atoms with E-state index in [2.05, 4.69) is 229 Å². The molecule has 0 saturated heterocycles. The predicted octanol–water partition coefficient (Wildman–Crippen LogP) is 15.3. The van der Waals surface area contributed by atoms with Crippen molar-refractivity contribution < 1.29 is 0 Å². The standard InChI is InChI=1S/C54H37N/c1-4-13-38(14-5-1)40-27-31-46(32-28-40)55(47-33-29-41(30-34-47)39-15-6-2-7-16-39)48-35-36-50(52(37-48)42-17-8-3-9-18-42)51-22-12-20-44-25-26-45-24-23-43-19-10-11-21-49(43)53(45)54(44)51/h1-37H. The molecule has 0 amide bonds. The van der Waals surface area contributed by atoms with E-state index in [9.17, 15) is 0 Å². The zero-order valence-corrected chi connectivity index (χ0v) is 30.3. The van der Waals surface area contributed by atoms with Crippen LogP contribution in [0, 0.1) is 0 Å². The molecule has 1 heteroatoms. The summed E-state index contributed by atoms with van der Waals surface area (Å²) in [5.74, 6) is 0. The van der Waals surface area contributed by atoms with Gasteiger partial charge in [0.1, 0.15) is 0 Å². The highest BCUT2D eigenvalue weighted by Crippen LogP contribution is 2.45. The molecule has 0 radical (unpaired) electrons. The Morgan fingerprint density at radius 2 is 0.691 bits per heavy atom. The van der Waals surface area contributed by atoms with Gasteiger partial charge in [0.05, 0.1) is 0 Å². The normalized spacial score (nSPS) is 11.3. The van der Waals surface area contributed by atoms with E-state index in [-0.39, 0.29) is 0 Å². The number of hydrogen-bond donors (Lipinski definition) is 0. The molecule has 0 N–H and O–H groups in total.